The van der Waals surface area contributed by atoms with Crippen LogP contribution >= 0.6 is 0 Å². The van der Waals surface area contributed by atoms with Crippen molar-refractivity contribution < 1.29 is 28.3 Å². The van der Waals surface area contributed by atoms with E-state index in [1.807, 2.05) is 20.8 Å². The van der Waals surface area contributed by atoms with Gasteiger partial charge in [-0.1, -0.05) is 80.5 Å². The average molecular weight is 665 g/mol. The van der Waals surface area contributed by atoms with Gasteiger partial charge in [0.2, 0.25) is 0 Å². The van der Waals surface area contributed by atoms with Crippen molar-refractivity contribution in [1.82, 2.24) is 0 Å². The van der Waals surface area contributed by atoms with Gasteiger partial charge in [-0.25, -0.2) is 0 Å². The zero-order valence-corrected chi connectivity index (χ0v) is 33.5. The Morgan fingerprint density at radius 1 is 0.933 bits per heavy atom. The molecule has 0 saturated carbocycles. The van der Waals surface area contributed by atoms with E-state index in [4.69, 9.17) is 13.6 Å². The van der Waals surface area contributed by atoms with Gasteiger partial charge in [-0.2, -0.15) is 0 Å². The summed E-state index contributed by atoms with van der Waals surface area (Å²) in [6.07, 6.45) is 10.1. The third-order valence-corrected chi connectivity index (χ3v) is 20.6. The van der Waals surface area contributed by atoms with Gasteiger partial charge in [-0.05, 0) is 106 Å². The van der Waals surface area contributed by atoms with Crippen LogP contribution in [-0.4, -0.2) is 52.0 Å². The number of carbonyl (C=O) groups excluding carboxylic acids is 1. The second-order valence-corrected chi connectivity index (χ2v) is 27.4. The number of hydrogen-bond acceptors (Lipinski definition) is 5. The maximum absolute atomic E-state index is 13.3. The summed E-state index contributed by atoms with van der Waals surface area (Å²) in [5.74, 6) is 0.166. The monoisotopic (exact) mass is 664 g/mol. The first-order chi connectivity index (χ1) is 20.3. The highest BCUT2D eigenvalue weighted by molar-refractivity contribution is 6.74. The molecule has 1 N–H and O–H groups in total. The van der Waals surface area contributed by atoms with Crippen molar-refractivity contribution in [1.29, 1.82) is 0 Å². The summed E-state index contributed by atoms with van der Waals surface area (Å²) in [7, 11) is -4.37. The molecule has 45 heavy (non-hydrogen) atoms. The van der Waals surface area contributed by atoms with Crippen molar-refractivity contribution in [2.45, 2.75) is 169 Å². The molecule has 2 aliphatic rings. The Hall–Kier alpha value is -1.23. The van der Waals surface area contributed by atoms with Crippen LogP contribution in [-0.2, 0) is 23.2 Å². The summed E-state index contributed by atoms with van der Waals surface area (Å²) >= 11 is 0. The zero-order valence-electron chi connectivity index (χ0n) is 31.5. The lowest BCUT2D eigenvalue weighted by molar-refractivity contribution is -0.164. The summed E-state index contributed by atoms with van der Waals surface area (Å²) in [4.78, 5) is 25.4. The van der Waals surface area contributed by atoms with E-state index in [1.54, 1.807) is 0 Å². The van der Waals surface area contributed by atoms with Gasteiger partial charge in [0.05, 0.1) is 17.9 Å². The normalized spacial score (nSPS) is 26.1. The largest absolute Gasteiger partial charge is 0.481 e. The van der Waals surface area contributed by atoms with E-state index >= 15 is 0 Å². The van der Waals surface area contributed by atoms with Gasteiger partial charge >= 0.3 is 11.9 Å². The first-order valence-electron chi connectivity index (χ1n) is 17.5. The number of rotatable bonds is 14. The predicted molar refractivity (Wildman–Crippen MR) is 191 cm³/mol. The minimum atomic E-state index is -2.21. The number of ether oxygens (including phenoxy) is 1. The number of carboxylic acid groups (broad SMARTS) is 1. The van der Waals surface area contributed by atoms with Gasteiger partial charge in [0.15, 0.2) is 16.6 Å². The topological polar surface area (TPSA) is 82.1 Å². The van der Waals surface area contributed by atoms with Crippen molar-refractivity contribution in [3.63, 3.8) is 0 Å². The van der Waals surface area contributed by atoms with Crippen molar-refractivity contribution >= 4 is 28.6 Å². The fraction of sp³-hybridized carbons (Fsp3) is 0.838. The Bertz CT molecular complexity index is 1080. The summed E-state index contributed by atoms with van der Waals surface area (Å²) in [5, 5.41) is 9.90. The Labute approximate surface area is 278 Å². The summed E-state index contributed by atoms with van der Waals surface area (Å²) in [6, 6.07) is 0. The fourth-order valence-electron chi connectivity index (χ4n) is 6.11. The van der Waals surface area contributed by atoms with E-state index < -0.39 is 34.1 Å². The molecule has 2 aliphatic carbocycles. The lowest BCUT2D eigenvalue weighted by Crippen LogP contribution is -2.48. The number of esters is 1. The third-order valence-electron chi connectivity index (χ3n) is 11.6. The van der Waals surface area contributed by atoms with Crippen LogP contribution in [0.5, 0.6) is 0 Å². The number of aliphatic carboxylic acids is 1. The van der Waals surface area contributed by atoms with Gasteiger partial charge in [0, 0.05) is 12.0 Å². The molecule has 0 radical (unpaired) electrons. The Kier molecular flexibility index (Phi) is 13.2. The quantitative estimate of drug-likeness (QED) is 0.147. The fourth-order valence-corrected chi connectivity index (χ4v) is 8.88. The van der Waals surface area contributed by atoms with E-state index in [-0.39, 0.29) is 40.6 Å². The molecule has 6 nitrogen and oxygen atoms in total. The van der Waals surface area contributed by atoms with Crippen LogP contribution in [0.1, 0.15) is 115 Å². The molecule has 0 aromatic carbocycles. The first kappa shape index (κ1) is 40.0. The standard InChI is InChI=1S/C37H68O6Si2/c1-16-37(10,11)34(40)41-31-22-25(2)21-27-18-17-26(3)30(33(27)31)20-19-28(42-44(12,13)35(4,5)6)23-29(24-32(38)39)43-45(14,15)36(7,8)9/h17-18,21,25-26,28-31,33H,16,19-20,22-24H2,1-15H3,(H,38,39)/t25-,26-,28-,29+,30-,31-,33-/m0/s1. The van der Waals surface area contributed by atoms with Crippen LogP contribution < -0.4 is 0 Å². The highest BCUT2D eigenvalue weighted by atomic mass is 28.4. The van der Waals surface area contributed by atoms with Gasteiger partial charge < -0.3 is 18.7 Å². The lowest BCUT2D eigenvalue weighted by Gasteiger charge is -2.45. The minimum absolute atomic E-state index is 0.0227. The molecule has 260 valence electrons. The molecule has 0 unspecified atom stereocenters. The molecule has 0 bridgehead atoms. The van der Waals surface area contributed by atoms with Crippen molar-refractivity contribution in [3.8, 4) is 0 Å². The van der Waals surface area contributed by atoms with Gasteiger partial charge in [0.1, 0.15) is 6.10 Å². The highest BCUT2D eigenvalue weighted by Gasteiger charge is 2.45. The van der Waals surface area contributed by atoms with Gasteiger partial charge in [0.25, 0.3) is 0 Å². The first-order valence-corrected chi connectivity index (χ1v) is 23.3. The minimum Gasteiger partial charge on any atom is -0.481 e. The second-order valence-electron chi connectivity index (χ2n) is 17.9. The molecule has 0 aromatic rings. The Morgan fingerprint density at radius 2 is 1.47 bits per heavy atom. The molecule has 2 rings (SSSR count). The molecule has 7 atom stereocenters. The van der Waals surface area contributed by atoms with Gasteiger partial charge in [-0.3, -0.25) is 9.59 Å². The van der Waals surface area contributed by atoms with Crippen LogP contribution in [0.25, 0.3) is 0 Å². The molecule has 0 spiro atoms. The van der Waals surface area contributed by atoms with E-state index in [9.17, 15) is 14.7 Å². The maximum atomic E-state index is 13.3. The lowest BCUT2D eigenvalue weighted by atomic mass is 9.65. The molecule has 8 heteroatoms. The molecule has 0 heterocycles. The van der Waals surface area contributed by atoms with Crippen LogP contribution in [0.2, 0.25) is 36.3 Å². The van der Waals surface area contributed by atoms with Gasteiger partial charge in [-0.15, -0.1) is 0 Å². The second kappa shape index (κ2) is 14.9. The van der Waals surface area contributed by atoms with Crippen LogP contribution in [0.15, 0.2) is 23.8 Å². The van der Waals surface area contributed by atoms with Crippen LogP contribution in [0.4, 0.5) is 0 Å². The van der Waals surface area contributed by atoms with E-state index in [1.165, 1.54) is 5.57 Å². The molecule has 0 fully saturated rings. The smallest absolute Gasteiger partial charge is 0.311 e. The van der Waals surface area contributed by atoms with Crippen LogP contribution in [0, 0.1) is 29.1 Å². The number of carbonyl (C=O) groups is 2. The average Bonchev–Trinajstić information content (AvgIpc) is 2.85. The molecule has 0 amide bonds. The number of carboxylic acids is 1. The summed E-state index contributed by atoms with van der Waals surface area (Å²) in [5.41, 5.74) is 0.775. The van der Waals surface area contributed by atoms with E-state index in [2.05, 4.69) is 99.8 Å². The SMILES string of the molecule is CCC(C)(C)C(=O)O[C@H]1C[C@@H](C)C=C2C=C[C@H](C)[C@H](CC[C@@H](C[C@H](CC(=O)O)O[Si](C)(C)C(C)(C)C)O[Si](C)(C)C(C)(C)C)[C@H]21. The van der Waals surface area contributed by atoms with Crippen molar-refractivity contribution in [3.05, 3.63) is 23.8 Å². The number of fused-ring (bicyclic) bond motifs is 1. The summed E-state index contributed by atoms with van der Waals surface area (Å²) in [6.45, 7) is 32.8. The Balaban J connectivity index is 2.43. The predicted octanol–water partition coefficient (Wildman–Crippen LogP) is 10.2. The van der Waals surface area contributed by atoms with E-state index in [0.717, 1.165) is 25.7 Å². The van der Waals surface area contributed by atoms with Crippen LogP contribution in [0.3, 0.4) is 0 Å². The molecule has 0 aromatic heterocycles. The third kappa shape index (κ3) is 10.6. The molecule has 0 saturated heterocycles. The molecular formula is C37H68O6Si2. The van der Waals surface area contributed by atoms with E-state index in [0.29, 0.717) is 24.2 Å². The van der Waals surface area contributed by atoms with Crippen molar-refractivity contribution in [2.24, 2.45) is 29.1 Å². The molecular weight excluding hydrogens is 597 g/mol. The molecule has 0 aliphatic heterocycles. The maximum Gasteiger partial charge on any atom is 0.311 e. The summed E-state index contributed by atoms with van der Waals surface area (Å²) < 4.78 is 20.3. The highest BCUT2D eigenvalue weighted by Crippen LogP contribution is 2.47. The number of allylic oxidation sites excluding steroid dienone is 3. The number of hydrogen-bond donors (Lipinski definition) is 1. The zero-order chi connectivity index (χ0) is 34.8. The Morgan fingerprint density at radius 3 is 1.96 bits per heavy atom. The van der Waals surface area contributed by atoms with Crippen molar-refractivity contribution in [2.75, 3.05) is 0 Å².